The molecule has 0 aromatic carbocycles. The molecule has 122 valence electrons. The number of carbonyl (C=O) groups is 1. The van der Waals surface area contributed by atoms with Crippen LogP contribution in [0.5, 0.6) is 0 Å². The number of aliphatic hydroxyl groups is 1. The van der Waals surface area contributed by atoms with Crippen molar-refractivity contribution < 1.29 is 9.90 Å². The second kappa shape index (κ2) is 8.74. The number of unbranched alkanes of at least 4 members (excludes halogenated alkanes) is 4. The van der Waals surface area contributed by atoms with E-state index in [2.05, 4.69) is 12.2 Å². The summed E-state index contributed by atoms with van der Waals surface area (Å²) in [5.41, 5.74) is 0. The molecule has 0 aromatic rings. The summed E-state index contributed by atoms with van der Waals surface area (Å²) in [6.45, 7) is 3.99. The SMILES string of the molecule is CCCCCCCN(CCCO)C(=O)C1CC2CCC1N2. The molecule has 2 aliphatic heterocycles. The van der Waals surface area contributed by atoms with E-state index in [9.17, 15) is 4.79 Å². The van der Waals surface area contributed by atoms with Crippen molar-refractivity contribution in [3.63, 3.8) is 0 Å². The molecule has 0 aliphatic carbocycles. The maximum absolute atomic E-state index is 12.8. The van der Waals surface area contributed by atoms with E-state index in [0.717, 1.165) is 32.4 Å². The van der Waals surface area contributed by atoms with Crippen LogP contribution >= 0.6 is 0 Å². The van der Waals surface area contributed by atoms with Crippen LogP contribution < -0.4 is 5.32 Å². The first-order valence-electron chi connectivity index (χ1n) is 8.92. The molecule has 1 amide bonds. The molecule has 2 fully saturated rings. The maximum atomic E-state index is 12.8. The molecule has 3 unspecified atom stereocenters. The lowest BCUT2D eigenvalue weighted by Crippen LogP contribution is -2.42. The molecule has 0 saturated carbocycles. The van der Waals surface area contributed by atoms with Crippen LogP contribution in [0.15, 0.2) is 0 Å². The van der Waals surface area contributed by atoms with Crippen LogP contribution in [0.4, 0.5) is 0 Å². The standard InChI is InChI=1S/C17H32N2O2/c1-2-3-4-5-6-10-19(11-7-12-20)17(21)15-13-14-8-9-16(15)18-14/h14-16,18,20H,2-13H2,1H3. The Labute approximate surface area is 129 Å². The summed E-state index contributed by atoms with van der Waals surface area (Å²) >= 11 is 0. The molecule has 2 bridgehead atoms. The van der Waals surface area contributed by atoms with Crippen LogP contribution in [-0.2, 0) is 4.79 Å². The van der Waals surface area contributed by atoms with Crippen molar-refractivity contribution in [2.45, 2.75) is 76.8 Å². The summed E-state index contributed by atoms with van der Waals surface area (Å²) in [5, 5.41) is 12.6. The molecule has 2 saturated heterocycles. The molecule has 0 aromatic heterocycles. The van der Waals surface area contributed by atoms with E-state index in [-0.39, 0.29) is 12.5 Å². The number of aliphatic hydroxyl groups excluding tert-OH is 1. The smallest absolute Gasteiger partial charge is 0.227 e. The number of hydrogen-bond donors (Lipinski definition) is 2. The molecular formula is C17H32N2O2. The minimum Gasteiger partial charge on any atom is -0.396 e. The molecule has 2 N–H and O–H groups in total. The molecule has 3 atom stereocenters. The Bertz CT molecular complexity index is 322. The minimum absolute atomic E-state index is 0.175. The number of fused-ring (bicyclic) bond motifs is 2. The van der Waals surface area contributed by atoms with Crippen LogP contribution in [-0.4, -0.2) is 47.7 Å². The van der Waals surface area contributed by atoms with Crippen LogP contribution in [0, 0.1) is 5.92 Å². The highest BCUT2D eigenvalue weighted by molar-refractivity contribution is 5.80. The van der Waals surface area contributed by atoms with E-state index in [1.165, 1.54) is 32.1 Å². The molecule has 0 radical (unpaired) electrons. The summed E-state index contributed by atoms with van der Waals surface area (Å²) in [6.07, 6.45) is 10.3. The topological polar surface area (TPSA) is 52.6 Å². The van der Waals surface area contributed by atoms with Gasteiger partial charge in [-0.15, -0.1) is 0 Å². The van der Waals surface area contributed by atoms with Gasteiger partial charge in [-0.3, -0.25) is 4.79 Å². The number of hydrogen-bond acceptors (Lipinski definition) is 3. The minimum atomic E-state index is 0.175. The van der Waals surface area contributed by atoms with E-state index in [1.54, 1.807) is 0 Å². The van der Waals surface area contributed by atoms with Crippen molar-refractivity contribution in [3.05, 3.63) is 0 Å². The van der Waals surface area contributed by atoms with Crippen LogP contribution in [0.1, 0.15) is 64.7 Å². The number of amides is 1. The lowest BCUT2D eigenvalue weighted by molar-refractivity contribution is -0.136. The summed E-state index contributed by atoms with van der Waals surface area (Å²) in [5.74, 6) is 0.525. The number of carbonyl (C=O) groups excluding carboxylic acids is 1. The highest BCUT2D eigenvalue weighted by Gasteiger charge is 2.43. The number of nitrogens with zero attached hydrogens (tertiary/aromatic N) is 1. The first kappa shape index (κ1) is 16.8. The van der Waals surface area contributed by atoms with Gasteiger partial charge in [0.2, 0.25) is 5.91 Å². The Morgan fingerprint density at radius 1 is 1.14 bits per heavy atom. The molecule has 2 heterocycles. The van der Waals surface area contributed by atoms with Gasteiger partial charge in [-0.2, -0.15) is 0 Å². The summed E-state index contributed by atoms with van der Waals surface area (Å²) in [4.78, 5) is 14.8. The van der Waals surface area contributed by atoms with Gasteiger partial charge < -0.3 is 15.3 Å². The third-order valence-corrected chi connectivity index (χ3v) is 5.05. The summed E-state index contributed by atoms with van der Waals surface area (Å²) < 4.78 is 0. The zero-order valence-electron chi connectivity index (χ0n) is 13.5. The van der Waals surface area contributed by atoms with Crippen LogP contribution in [0.3, 0.4) is 0 Å². The molecule has 4 nitrogen and oxygen atoms in total. The van der Waals surface area contributed by atoms with Crippen molar-refractivity contribution in [3.8, 4) is 0 Å². The number of rotatable bonds is 10. The molecular weight excluding hydrogens is 264 g/mol. The van der Waals surface area contributed by atoms with Gasteiger partial charge in [0.15, 0.2) is 0 Å². The maximum Gasteiger partial charge on any atom is 0.227 e. The van der Waals surface area contributed by atoms with Gasteiger partial charge in [0.05, 0.1) is 5.92 Å². The fourth-order valence-electron chi connectivity index (χ4n) is 3.83. The summed E-state index contributed by atoms with van der Waals surface area (Å²) in [7, 11) is 0. The van der Waals surface area contributed by atoms with Crippen molar-refractivity contribution in [2.75, 3.05) is 19.7 Å². The first-order chi connectivity index (χ1) is 10.3. The van der Waals surface area contributed by atoms with Gasteiger partial charge in [0.25, 0.3) is 0 Å². The monoisotopic (exact) mass is 296 g/mol. The molecule has 2 aliphatic rings. The Morgan fingerprint density at radius 3 is 2.52 bits per heavy atom. The lowest BCUT2D eigenvalue weighted by Gasteiger charge is -2.29. The summed E-state index contributed by atoms with van der Waals surface area (Å²) in [6, 6.07) is 0.993. The third-order valence-electron chi connectivity index (χ3n) is 5.05. The zero-order valence-corrected chi connectivity index (χ0v) is 13.5. The van der Waals surface area contributed by atoms with Gasteiger partial charge in [0.1, 0.15) is 0 Å². The second-order valence-electron chi connectivity index (χ2n) is 6.71. The fraction of sp³-hybridized carbons (Fsp3) is 0.941. The Morgan fingerprint density at radius 2 is 1.90 bits per heavy atom. The second-order valence-corrected chi connectivity index (χ2v) is 6.71. The Balaban J connectivity index is 1.78. The average Bonchev–Trinajstić information content (AvgIpc) is 3.12. The molecule has 0 spiro atoms. The first-order valence-corrected chi connectivity index (χ1v) is 8.92. The van der Waals surface area contributed by atoms with Crippen molar-refractivity contribution in [1.82, 2.24) is 10.2 Å². The highest BCUT2D eigenvalue weighted by atomic mass is 16.3. The number of nitrogens with one attached hydrogen (secondary N) is 1. The predicted octanol–water partition coefficient (Wildman–Crippen LogP) is 2.31. The Kier molecular flexibility index (Phi) is 6.97. The van der Waals surface area contributed by atoms with E-state index in [1.807, 2.05) is 4.90 Å². The van der Waals surface area contributed by atoms with Crippen molar-refractivity contribution >= 4 is 5.91 Å². The van der Waals surface area contributed by atoms with Gasteiger partial charge in [-0.05, 0) is 32.1 Å². The quantitative estimate of drug-likeness (QED) is 0.608. The highest BCUT2D eigenvalue weighted by Crippen LogP contribution is 2.34. The normalized spacial score (nSPS) is 27.2. The molecule has 21 heavy (non-hydrogen) atoms. The Hall–Kier alpha value is -0.610. The van der Waals surface area contributed by atoms with Crippen molar-refractivity contribution in [1.29, 1.82) is 0 Å². The van der Waals surface area contributed by atoms with Crippen LogP contribution in [0.25, 0.3) is 0 Å². The van der Waals surface area contributed by atoms with E-state index in [0.29, 0.717) is 24.4 Å². The van der Waals surface area contributed by atoms with E-state index < -0.39 is 0 Å². The zero-order chi connectivity index (χ0) is 15.1. The van der Waals surface area contributed by atoms with Crippen molar-refractivity contribution in [2.24, 2.45) is 5.92 Å². The third kappa shape index (κ3) is 4.68. The molecule has 2 rings (SSSR count). The van der Waals surface area contributed by atoms with E-state index in [4.69, 9.17) is 5.11 Å². The average molecular weight is 296 g/mol. The molecule has 4 heteroatoms. The predicted molar refractivity (Wildman–Crippen MR) is 85.1 cm³/mol. The van der Waals surface area contributed by atoms with Crippen LogP contribution in [0.2, 0.25) is 0 Å². The van der Waals surface area contributed by atoms with Gasteiger partial charge in [0, 0.05) is 31.8 Å². The van der Waals surface area contributed by atoms with Gasteiger partial charge in [-0.1, -0.05) is 32.6 Å². The van der Waals surface area contributed by atoms with Gasteiger partial charge >= 0.3 is 0 Å². The fourth-order valence-corrected chi connectivity index (χ4v) is 3.83. The lowest BCUT2D eigenvalue weighted by atomic mass is 9.88. The van der Waals surface area contributed by atoms with E-state index >= 15 is 0 Å². The van der Waals surface area contributed by atoms with Gasteiger partial charge in [-0.25, -0.2) is 0 Å². The largest absolute Gasteiger partial charge is 0.396 e.